The van der Waals surface area contributed by atoms with E-state index in [-0.39, 0.29) is 12.4 Å². The lowest BCUT2D eigenvalue weighted by Gasteiger charge is -2.29. The Bertz CT molecular complexity index is 128. The van der Waals surface area contributed by atoms with Gasteiger partial charge in [-0.1, -0.05) is 38.5 Å². The highest BCUT2D eigenvalue weighted by atomic mass is 35.5. The Hall–Kier alpha value is 0.250. The third-order valence-corrected chi connectivity index (χ3v) is 3.57. The number of halogens is 1. The first-order valence-corrected chi connectivity index (χ1v) is 5.66. The number of hydrogen-bond acceptors (Lipinski definition) is 1. The largest absolute Gasteiger partial charge is 0.316 e. The Labute approximate surface area is 88.1 Å². The van der Waals surface area contributed by atoms with Gasteiger partial charge in [-0.15, -0.1) is 12.4 Å². The summed E-state index contributed by atoms with van der Waals surface area (Å²) in [4.78, 5) is 0. The predicted molar refractivity (Wildman–Crippen MR) is 59.4 cm³/mol. The summed E-state index contributed by atoms with van der Waals surface area (Å²) < 4.78 is 0. The van der Waals surface area contributed by atoms with Crippen LogP contribution >= 0.6 is 12.4 Å². The smallest absolute Gasteiger partial charge is 0.000825 e. The van der Waals surface area contributed by atoms with Crippen molar-refractivity contribution in [1.29, 1.82) is 0 Å². The molecule has 2 heteroatoms. The Balaban J connectivity index is 0.000000845. The van der Waals surface area contributed by atoms with Crippen molar-refractivity contribution in [3.05, 3.63) is 0 Å². The average Bonchev–Trinajstić information content (AvgIpc) is 2.04. The van der Waals surface area contributed by atoms with Gasteiger partial charge in [0.25, 0.3) is 0 Å². The third-order valence-electron chi connectivity index (χ3n) is 3.57. The minimum Gasteiger partial charge on any atom is -0.316 e. The topological polar surface area (TPSA) is 12.0 Å². The zero-order chi connectivity index (χ0) is 8.23. The van der Waals surface area contributed by atoms with Crippen molar-refractivity contribution < 1.29 is 0 Å². The molecular formula is C11H22ClN. The van der Waals surface area contributed by atoms with Crippen molar-refractivity contribution in [2.75, 3.05) is 13.1 Å². The molecule has 0 bridgehead atoms. The molecule has 0 aromatic carbocycles. The first-order chi connectivity index (χ1) is 5.95. The SMILES string of the molecule is C1CCC(CCC2CNC2)CC1.Cl. The van der Waals surface area contributed by atoms with E-state index in [1.54, 1.807) is 0 Å². The summed E-state index contributed by atoms with van der Waals surface area (Å²) in [5.41, 5.74) is 0. The van der Waals surface area contributed by atoms with Gasteiger partial charge in [0.05, 0.1) is 0 Å². The summed E-state index contributed by atoms with van der Waals surface area (Å²) in [7, 11) is 0. The molecule has 1 aliphatic heterocycles. The molecule has 78 valence electrons. The van der Waals surface area contributed by atoms with Crippen LogP contribution in [0.5, 0.6) is 0 Å². The van der Waals surface area contributed by atoms with Crippen LogP contribution in [0.25, 0.3) is 0 Å². The number of rotatable bonds is 3. The van der Waals surface area contributed by atoms with E-state index in [9.17, 15) is 0 Å². The average molecular weight is 204 g/mol. The van der Waals surface area contributed by atoms with Gasteiger partial charge in [-0.3, -0.25) is 0 Å². The van der Waals surface area contributed by atoms with E-state index < -0.39 is 0 Å². The number of hydrogen-bond donors (Lipinski definition) is 1. The van der Waals surface area contributed by atoms with E-state index in [0.29, 0.717) is 0 Å². The Morgan fingerprint density at radius 1 is 0.846 bits per heavy atom. The van der Waals surface area contributed by atoms with E-state index in [1.807, 2.05) is 0 Å². The second kappa shape index (κ2) is 5.87. The zero-order valence-corrected chi connectivity index (χ0v) is 9.24. The van der Waals surface area contributed by atoms with Gasteiger partial charge in [-0.05, 0) is 31.3 Å². The fraction of sp³-hybridized carbons (Fsp3) is 1.00. The lowest BCUT2D eigenvalue weighted by molar-refractivity contribution is 0.265. The maximum absolute atomic E-state index is 3.35. The molecule has 1 N–H and O–H groups in total. The van der Waals surface area contributed by atoms with Gasteiger partial charge in [0.15, 0.2) is 0 Å². The molecule has 1 saturated heterocycles. The van der Waals surface area contributed by atoms with Crippen LogP contribution in [0.2, 0.25) is 0 Å². The second-order valence-electron chi connectivity index (χ2n) is 4.61. The fourth-order valence-electron chi connectivity index (χ4n) is 2.50. The lowest BCUT2D eigenvalue weighted by Crippen LogP contribution is -2.42. The van der Waals surface area contributed by atoms with Gasteiger partial charge in [0, 0.05) is 0 Å². The second-order valence-corrected chi connectivity index (χ2v) is 4.61. The van der Waals surface area contributed by atoms with Crippen molar-refractivity contribution >= 4 is 12.4 Å². The van der Waals surface area contributed by atoms with Crippen LogP contribution in [-0.2, 0) is 0 Å². The van der Waals surface area contributed by atoms with Crippen LogP contribution in [0.3, 0.4) is 0 Å². The standard InChI is InChI=1S/C11H21N.ClH/c1-2-4-10(5-3-1)6-7-11-8-12-9-11;/h10-12H,1-9H2;1H. The Morgan fingerprint density at radius 2 is 1.46 bits per heavy atom. The zero-order valence-electron chi connectivity index (χ0n) is 8.43. The molecule has 0 atom stereocenters. The van der Waals surface area contributed by atoms with Crippen molar-refractivity contribution in [1.82, 2.24) is 5.32 Å². The molecule has 0 aromatic rings. The van der Waals surface area contributed by atoms with Crippen molar-refractivity contribution in [3.63, 3.8) is 0 Å². The van der Waals surface area contributed by atoms with E-state index in [4.69, 9.17) is 0 Å². The molecule has 2 rings (SSSR count). The van der Waals surface area contributed by atoms with E-state index >= 15 is 0 Å². The van der Waals surface area contributed by atoms with Gasteiger partial charge < -0.3 is 5.32 Å². The maximum Gasteiger partial charge on any atom is -0.000825 e. The summed E-state index contributed by atoms with van der Waals surface area (Å²) in [6, 6.07) is 0. The van der Waals surface area contributed by atoms with Crippen LogP contribution in [0, 0.1) is 11.8 Å². The van der Waals surface area contributed by atoms with E-state index in [0.717, 1.165) is 11.8 Å². The molecule has 0 radical (unpaired) electrons. The molecule has 1 nitrogen and oxygen atoms in total. The summed E-state index contributed by atoms with van der Waals surface area (Å²) in [6.45, 7) is 2.60. The van der Waals surface area contributed by atoms with Gasteiger partial charge in [0.2, 0.25) is 0 Å². The quantitative estimate of drug-likeness (QED) is 0.744. The van der Waals surface area contributed by atoms with Crippen molar-refractivity contribution in [3.8, 4) is 0 Å². The van der Waals surface area contributed by atoms with Crippen molar-refractivity contribution in [2.45, 2.75) is 44.9 Å². The van der Waals surface area contributed by atoms with Gasteiger partial charge in [-0.25, -0.2) is 0 Å². The highest BCUT2D eigenvalue weighted by Crippen LogP contribution is 2.29. The molecule has 0 amide bonds. The minimum absolute atomic E-state index is 0. The predicted octanol–water partition coefficient (Wildman–Crippen LogP) is 2.99. The highest BCUT2D eigenvalue weighted by molar-refractivity contribution is 5.85. The monoisotopic (exact) mass is 203 g/mol. The van der Waals surface area contributed by atoms with Crippen LogP contribution in [0.1, 0.15) is 44.9 Å². The first-order valence-electron chi connectivity index (χ1n) is 5.66. The van der Waals surface area contributed by atoms with Gasteiger partial charge >= 0.3 is 0 Å². The van der Waals surface area contributed by atoms with Gasteiger partial charge in [0.1, 0.15) is 0 Å². The van der Waals surface area contributed by atoms with E-state index in [1.165, 1.54) is 58.0 Å². The van der Waals surface area contributed by atoms with Crippen LogP contribution < -0.4 is 5.32 Å². The van der Waals surface area contributed by atoms with Gasteiger partial charge in [-0.2, -0.15) is 0 Å². The highest BCUT2D eigenvalue weighted by Gasteiger charge is 2.19. The molecule has 0 spiro atoms. The maximum atomic E-state index is 3.35. The summed E-state index contributed by atoms with van der Waals surface area (Å²) in [5, 5.41) is 3.35. The lowest BCUT2D eigenvalue weighted by atomic mass is 9.83. The molecule has 2 fully saturated rings. The molecule has 1 heterocycles. The molecule has 1 saturated carbocycles. The van der Waals surface area contributed by atoms with Crippen LogP contribution in [0.15, 0.2) is 0 Å². The van der Waals surface area contributed by atoms with Crippen LogP contribution in [-0.4, -0.2) is 13.1 Å². The molecule has 0 aromatic heterocycles. The minimum atomic E-state index is 0. The Kier molecular flexibility index (Phi) is 5.12. The van der Waals surface area contributed by atoms with Crippen LogP contribution in [0.4, 0.5) is 0 Å². The van der Waals surface area contributed by atoms with Crippen molar-refractivity contribution in [2.24, 2.45) is 11.8 Å². The molecular weight excluding hydrogens is 182 g/mol. The molecule has 0 unspecified atom stereocenters. The molecule has 13 heavy (non-hydrogen) atoms. The summed E-state index contributed by atoms with van der Waals surface area (Å²) >= 11 is 0. The molecule has 1 aliphatic carbocycles. The van der Waals surface area contributed by atoms with E-state index in [2.05, 4.69) is 5.32 Å². The third kappa shape index (κ3) is 3.47. The summed E-state index contributed by atoms with van der Waals surface area (Å²) in [5.74, 6) is 2.13. The first kappa shape index (κ1) is 11.3. The number of nitrogens with one attached hydrogen (secondary N) is 1. The molecule has 2 aliphatic rings. The normalized spacial score (nSPS) is 24.9. The fourth-order valence-corrected chi connectivity index (χ4v) is 2.50. The summed E-state index contributed by atoms with van der Waals surface area (Å²) in [6.07, 6.45) is 10.6. The Morgan fingerprint density at radius 3 is 2.00 bits per heavy atom.